The second kappa shape index (κ2) is 5.16. The molecule has 24 heavy (non-hydrogen) atoms. The summed E-state index contributed by atoms with van der Waals surface area (Å²) in [6.45, 7) is 0. The highest BCUT2D eigenvalue weighted by Gasteiger charge is 2.20. The van der Waals surface area contributed by atoms with Crippen LogP contribution in [0.2, 0.25) is 0 Å². The molecular formula is C15H10N6O3. The molecule has 9 nitrogen and oxygen atoms in total. The van der Waals surface area contributed by atoms with Crippen LogP contribution in [0.4, 0.5) is 5.82 Å². The van der Waals surface area contributed by atoms with E-state index in [0.29, 0.717) is 22.1 Å². The molecule has 1 aromatic carbocycles. The second-order valence-electron chi connectivity index (χ2n) is 5.00. The molecular weight excluding hydrogens is 312 g/mol. The lowest BCUT2D eigenvalue weighted by Gasteiger charge is -2.08. The Morgan fingerprint density at radius 2 is 2.00 bits per heavy atom. The van der Waals surface area contributed by atoms with Gasteiger partial charge in [0.2, 0.25) is 0 Å². The normalized spacial score (nSPS) is 11.0. The van der Waals surface area contributed by atoms with Crippen LogP contribution in [0.25, 0.3) is 22.1 Å². The topological polar surface area (TPSA) is 137 Å². The SMILES string of the molecule is O=C(Nc1ncnc2nc[nH]c12)c1c(O)c2ccccc2[nH]c1=O. The van der Waals surface area contributed by atoms with E-state index in [1.807, 2.05) is 0 Å². The summed E-state index contributed by atoms with van der Waals surface area (Å²) in [7, 11) is 0. The molecule has 0 bridgehead atoms. The van der Waals surface area contributed by atoms with Crippen molar-refractivity contribution in [1.29, 1.82) is 0 Å². The zero-order valence-corrected chi connectivity index (χ0v) is 12.1. The number of nitrogens with one attached hydrogen (secondary N) is 3. The predicted molar refractivity (Wildman–Crippen MR) is 85.9 cm³/mol. The minimum atomic E-state index is -0.783. The van der Waals surface area contributed by atoms with Crippen LogP contribution in [0, 0.1) is 0 Å². The van der Waals surface area contributed by atoms with E-state index < -0.39 is 11.5 Å². The number of amides is 1. The summed E-state index contributed by atoms with van der Waals surface area (Å²) in [6, 6.07) is 6.65. The van der Waals surface area contributed by atoms with Crippen molar-refractivity contribution in [1.82, 2.24) is 24.9 Å². The molecule has 0 spiro atoms. The van der Waals surface area contributed by atoms with Crippen molar-refractivity contribution in [2.75, 3.05) is 5.32 Å². The Morgan fingerprint density at radius 3 is 2.88 bits per heavy atom. The van der Waals surface area contributed by atoms with Crippen molar-refractivity contribution in [3.63, 3.8) is 0 Å². The number of aromatic nitrogens is 5. The second-order valence-corrected chi connectivity index (χ2v) is 5.00. The summed E-state index contributed by atoms with van der Waals surface area (Å²) in [5, 5.41) is 13.2. The Balaban J connectivity index is 1.81. The van der Waals surface area contributed by atoms with Crippen LogP contribution in [0.3, 0.4) is 0 Å². The van der Waals surface area contributed by atoms with Crippen LogP contribution < -0.4 is 10.9 Å². The molecule has 0 aliphatic heterocycles. The standard InChI is InChI=1S/C15H10N6O3/c22-11-7-3-1-2-4-8(7)20-14(23)9(11)15(24)21-13-10-12(17-5-16-10)18-6-19-13/h1-6H,(H2,20,22,23)(H2,16,17,18,19,21,24). The first-order valence-corrected chi connectivity index (χ1v) is 6.94. The molecule has 0 unspecified atom stereocenters. The van der Waals surface area contributed by atoms with Gasteiger partial charge in [-0.05, 0) is 12.1 Å². The van der Waals surface area contributed by atoms with E-state index in [-0.39, 0.29) is 17.1 Å². The van der Waals surface area contributed by atoms with Crippen LogP contribution >= 0.6 is 0 Å². The van der Waals surface area contributed by atoms with Gasteiger partial charge in [0.25, 0.3) is 11.5 Å². The van der Waals surface area contributed by atoms with Crippen LogP contribution in [-0.2, 0) is 0 Å². The number of carbonyl (C=O) groups is 1. The van der Waals surface area contributed by atoms with Crippen molar-refractivity contribution in [3.05, 3.63) is 52.8 Å². The van der Waals surface area contributed by atoms with E-state index >= 15 is 0 Å². The highest BCUT2D eigenvalue weighted by atomic mass is 16.3. The maximum Gasteiger partial charge on any atom is 0.266 e. The molecule has 1 amide bonds. The summed E-state index contributed by atoms with van der Waals surface area (Å²) in [5.74, 6) is -1.01. The van der Waals surface area contributed by atoms with Gasteiger partial charge in [0.1, 0.15) is 23.2 Å². The molecule has 4 N–H and O–H groups in total. The quantitative estimate of drug-likeness (QED) is 0.437. The number of aromatic hydroxyl groups is 1. The fraction of sp³-hybridized carbons (Fsp3) is 0. The first-order chi connectivity index (χ1) is 11.6. The first kappa shape index (κ1) is 13.9. The Hall–Kier alpha value is -3.75. The molecule has 118 valence electrons. The summed E-state index contributed by atoms with van der Waals surface area (Å²) < 4.78 is 0. The Kier molecular flexibility index (Phi) is 2.98. The summed E-state index contributed by atoms with van der Waals surface area (Å²) >= 11 is 0. The van der Waals surface area contributed by atoms with Gasteiger partial charge in [-0.15, -0.1) is 0 Å². The van der Waals surface area contributed by atoms with Gasteiger partial charge in [0.05, 0.1) is 11.8 Å². The van der Waals surface area contributed by atoms with E-state index in [9.17, 15) is 14.7 Å². The largest absolute Gasteiger partial charge is 0.506 e. The Morgan fingerprint density at radius 1 is 1.17 bits per heavy atom. The van der Waals surface area contributed by atoms with Crippen molar-refractivity contribution in [2.24, 2.45) is 0 Å². The van der Waals surface area contributed by atoms with E-state index in [4.69, 9.17) is 0 Å². The highest BCUT2D eigenvalue weighted by Crippen LogP contribution is 2.25. The van der Waals surface area contributed by atoms with Gasteiger partial charge in [-0.1, -0.05) is 12.1 Å². The number of rotatable bonds is 2. The summed E-state index contributed by atoms with van der Waals surface area (Å²) in [5.41, 5.74) is 0.146. The lowest BCUT2D eigenvalue weighted by Crippen LogP contribution is -2.24. The van der Waals surface area contributed by atoms with Crippen molar-refractivity contribution in [2.45, 2.75) is 0 Å². The van der Waals surface area contributed by atoms with E-state index in [2.05, 4.69) is 30.2 Å². The molecule has 0 saturated carbocycles. The van der Waals surface area contributed by atoms with Gasteiger partial charge >= 0.3 is 0 Å². The van der Waals surface area contributed by atoms with E-state index in [0.717, 1.165) is 0 Å². The molecule has 0 saturated heterocycles. The molecule has 4 rings (SSSR count). The number of imidazole rings is 1. The van der Waals surface area contributed by atoms with Gasteiger partial charge in [-0.2, -0.15) is 0 Å². The van der Waals surface area contributed by atoms with Crippen LogP contribution in [0.15, 0.2) is 41.7 Å². The van der Waals surface area contributed by atoms with Crippen molar-refractivity contribution in [3.8, 4) is 5.75 Å². The maximum atomic E-state index is 12.5. The monoisotopic (exact) mass is 322 g/mol. The van der Waals surface area contributed by atoms with E-state index in [1.165, 1.54) is 12.7 Å². The maximum absolute atomic E-state index is 12.5. The number of fused-ring (bicyclic) bond motifs is 2. The number of anilines is 1. The fourth-order valence-electron chi connectivity index (χ4n) is 2.47. The van der Waals surface area contributed by atoms with Crippen molar-refractivity contribution >= 4 is 33.8 Å². The molecule has 9 heteroatoms. The zero-order valence-electron chi connectivity index (χ0n) is 12.1. The van der Waals surface area contributed by atoms with Crippen molar-refractivity contribution < 1.29 is 9.90 Å². The number of para-hydroxylation sites is 1. The molecule has 0 atom stereocenters. The van der Waals surface area contributed by atoms with Gasteiger partial charge in [0, 0.05) is 5.39 Å². The van der Waals surface area contributed by atoms with Gasteiger partial charge < -0.3 is 20.4 Å². The smallest absolute Gasteiger partial charge is 0.266 e. The van der Waals surface area contributed by atoms with Crippen LogP contribution in [0.1, 0.15) is 10.4 Å². The minimum Gasteiger partial charge on any atom is -0.506 e. The number of pyridine rings is 1. The first-order valence-electron chi connectivity index (χ1n) is 6.94. The minimum absolute atomic E-state index is 0.162. The summed E-state index contributed by atoms with van der Waals surface area (Å²) in [6.07, 6.45) is 2.65. The Bertz CT molecular complexity index is 1150. The molecule has 3 aromatic heterocycles. The van der Waals surface area contributed by atoms with Gasteiger partial charge in [-0.25, -0.2) is 15.0 Å². The molecule has 4 aromatic rings. The molecule has 0 radical (unpaired) electrons. The third kappa shape index (κ3) is 2.07. The van der Waals surface area contributed by atoms with Crippen LogP contribution in [-0.4, -0.2) is 35.9 Å². The third-order valence-corrected chi connectivity index (χ3v) is 3.58. The zero-order chi connectivity index (χ0) is 16.7. The number of H-pyrrole nitrogens is 2. The number of carbonyl (C=O) groups excluding carboxylic acids is 1. The Labute approximate surface area is 133 Å². The fourth-order valence-corrected chi connectivity index (χ4v) is 2.47. The molecule has 3 heterocycles. The number of hydrogen-bond acceptors (Lipinski definition) is 6. The molecule has 0 aliphatic carbocycles. The predicted octanol–water partition coefficient (Wildman–Crippen LogP) is 1.15. The third-order valence-electron chi connectivity index (χ3n) is 3.58. The lowest BCUT2D eigenvalue weighted by molar-refractivity contribution is 0.102. The number of aromatic amines is 2. The number of benzene rings is 1. The highest BCUT2D eigenvalue weighted by molar-refractivity contribution is 6.10. The molecule has 0 aliphatic rings. The van der Waals surface area contributed by atoms with Gasteiger partial charge in [0.15, 0.2) is 11.5 Å². The van der Waals surface area contributed by atoms with E-state index in [1.54, 1.807) is 24.3 Å². The average Bonchev–Trinajstić information content (AvgIpc) is 3.04. The number of hydrogen-bond donors (Lipinski definition) is 4. The summed E-state index contributed by atoms with van der Waals surface area (Å²) in [4.78, 5) is 41.9. The average molecular weight is 322 g/mol. The molecule has 0 fully saturated rings. The number of nitrogens with zero attached hydrogens (tertiary/aromatic N) is 3. The van der Waals surface area contributed by atoms with Gasteiger partial charge in [-0.3, -0.25) is 9.59 Å². The van der Waals surface area contributed by atoms with Crippen LogP contribution in [0.5, 0.6) is 5.75 Å². The lowest BCUT2D eigenvalue weighted by atomic mass is 10.1.